The van der Waals surface area contributed by atoms with Crippen LogP contribution in [0.3, 0.4) is 0 Å². The number of carbonyl (C=O) groups is 1. The fraction of sp³-hybridized carbons (Fsp3) is 0.444. The smallest absolute Gasteiger partial charge is 0.410 e. The first kappa shape index (κ1) is 17.0. The molecule has 1 fully saturated rings. The Labute approximate surface area is 146 Å². The van der Waals surface area contributed by atoms with E-state index in [0.29, 0.717) is 37.3 Å². The third kappa shape index (κ3) is 3.63. The molecule has 0 aliphatic carbocycles. The first-order valence-electron chi connectivity index (χ1n) is 8.25. The average Bonchev–Trinajstić information content (AvgIpc) is 2.59. The fourth-order valence-electron chi connectivity index (χ4n) is 2.89. The minimum absolute atomic E-state index is 0.278. The summed E-state index contributed by atoms with van der Waals surface area (Å²) in [6, 6.07) is 5.87. The molecule has 0 saturated carbocycles. The van der Waals surface area contributed by atoms with Crippen molar-refractivity contribution in [1.29, 1.82) is 5.26 Å². The van der Waals surface area contributed by atoms with E-state index < -0.39 is 5.60 Å². The van der Waals surface area contributed by atoms with E-state index in [1.54, 1.807) is 17.2 Å². The van der Waals surface area contributed by atoms with Crippen molar-refractivity contribution in [3.05, 3.63) is 30.2 Å². The van der Waals surface area contributed by atoms with E-state index in [1.165, 1.54) is 6.33 Å². The number of ether oxygens (including phenoxy) is 1. The Kier molecular flexibility index (Phi) is 4.45. The van der Waals surface area contributed by atoms with Crippen LogP contribution in [0, 0.1) is 11.3 Å². The fourth-order valence-corrected chi connectivity index (χ4v) is 2.89. The van der Waals surface area contributed by atoms with Gasteiger partial charge in [-0.2, -0.15) is 5.26 Å². The summed E-state index contributed by atoms with van der Waals surface area (Å²) >= 11 is 0. The standard InChI is InChI=1S/C18H21N5O2/c1-18(2,3)25-17(24)23-8-6-22(7-9-23)15-5-4-13(10-19)16-14(15)11-20-12-21-16/h4-5,11-12H,6-9H2,1-3H3. The van der Waals surface area contributed by atoms with Crippen molar-refractivity contribution in [3.63, 3.8) is 0 Å². The molecule has 1 aromatic heterocycles. The van der Waals surface area contributed by atoms with Gasteiger partial charge in [-0.15, -0.1) is 0 Å². The second-order valence-corrected chi connectivity index (χ2v) is 6.98. The topological polar surface area (TPSA) is 82.4 Å². The van der Waals surface area contributed by atoms with Crippen LogP contribution in [0.1, 0.15) is 26.3 Å². The molecule has 2 heterocycles. The Hall–Kier alpha value is -2.88. The van der Waals surface area contributed by atoms with E-state index >= 15 is 0 Å². The van der Waals surface area contributed by atoms with Crippen LogP contribution >= 0.6 is 0 Å². The van der Waals surface area contributed by atoms with E-state index in [0.717, 1.165) is 11.1 Å². The van der Waals surface area contributed by atoms with E-state index in [1.807, 2.05) is 26.8 Å². The van der Waals surface area contributed by atoms with Gasteiger partial charge in [0.15, 0.2) is 0 Å². The lowest BCUT2D eigenvalue weighted by molar-refractivity contribution is 0.0240. The SMILES string of the molecule is CC(C)(C)OC(=O)N1CCN(c2ccc(C#N)c3ncncc23)CC1. The monoisotopic (exact) mass is 339 g/mol. The van der Waals surface area contributed by atoms with Gasteiger partial charge in [-0.1, -0.05) is 0 Å². The molecule has 7 heteroatoms. The zero-order chi connectivity index (χ0) is 18.0. The summed E-state index contributed by atoms with van der Waals surface area (Å²) in [5.41, 5.74) is 1.69. The molecule has 0 N–H and O–H groups in total. The highest BCUT2D eigenvalue weighted by atomic mass is 16.6. The summed E-state index contributed by atoms with van der Waals surface area (Å²) < 4.78 is 5.43. The number of hydrogen-bond donors (Lipinski definition) is 0. The lowest BCUT2D eigenvalue weighted by atomic mass is 10.1. The van der Waals surface area contributed by atoms with Crippen molar-refractivity contribution in [2.75, 3.05) is 31.1 Å². The Bertz CT molecular complexity index is 829. The molecule has 1 saturated heterocycles. The maximum Gasteiger partial charge on any atom is 0.410 e. The van der Waals surface area contributed by atoms with Gasteiger partial charge < -0.3 is 14.5 Å². The van der Waals surface area contributed by atoms with Gasteiger partial charge in [-0.05, 0) is 32.9 Å². The maximum atomic E-state index is 12.2. The Balaban J connectivity index is 1.77. The molecule has 3 rings (SSSR count). The number of aromatic nitrogens is 2. The number of carbonyl (C=O) groups excluding carboxylic acids is 1. The van der Waals surface area contributed by atoms with Crippen molar-refractivity contribution in [1.82, 2.24) is 14.9 Å². The molecule has 130 valence electrons. The minimum atomic E-state index is -0.491. The first-order chi connectivity index (χ1) is 11.9. The summed E-state index contributed by atoms with van der Waals surface area (Å²) in [6.07, 6.45) is 2.91. The second kappa shape index (κ2) is 6.55. The van der Waals surface area contributed by atoms with Gasteiger partial charge in [0.25, 0.3) is 0 Å². The minimum Gasteiger partial charge on any atom is -0.444 e. The van der Waals surface area contributed by atoms with Gasteiger partial charge in [-0.25, -0.2) is 14.8 Å². The second-order valence-electron chi connectivity index (χ2n) is 6.98. The van der Waals surface area contributed by atoms with Crippen molar-refractivity contribution in [2.45, 2.75) is 26.4 Å². The number of hydrogen-bond acceptors (Lipinski definition) is 6. The number of nitrogens with zero attached hydrogens (tertiary/aromatic N) is 5. The molecule has 0 spiro atoms. The molecule has 0 bridgehead atoms. The van der Waals surface area contributed by atoms with Crippen LogP contribution in [0.15, 0.2) is 24.7 Å². The maximum absolute atomic E-state index is 12.2. The number of rotatable bonds is 1. The molecular formula is C18H21N5O2. The van der Waals surface area contributed by atoms with Crippen LogP contribution < -0.4 is 4.90 Å². The van der Waals surface area contributed by atoms with Crippen LogP contribution in [0.25, 0.3) is 10.9 Å². The van der Waals surface area contributed by atoms with Gasteiger partial charge >= 0.3 is 6.09 Å². The predicted octanol–water partition coefficient (Wildman–Crippen LogP) is 2.56. The van der Waals surface area contributed by atoms with Gasteiger partial charge in [0.05, 0.1) is 11.1 Å². The lowest BCUT2D eigenvalue weighted by Crippen LogP contribution is -2.50. The van der Waals surface area contributed by atoms with E-state index in [4.69, 9.17) is 4.74 Å². The largest absolute Gasteiger partial charge is 0.444 e. The average molecular weight is 339 g/mol. The molecule has 1 aliphatic rings. The molecule has 0 unspecified atom stereocenters. The number of benzene rings is 1. The zero-order valence-electron chi connectivity index (χ0n) is 14.7. The number of fused-ring (bicyclic) bond motifs is 1. The Morgan fingerprint density at radius 3 is 2.60 bits per heavy atom. The Morgan fingerprint density at radius 2 is 1.96 bits per heavy atom. The summed E-state index contributed by atoms with van der Waals surface area (Å²) in [6.45, 7) is 8.15. The number of piperazine rings is 1. The molecule has 1 aliphatic heterocycles. The van der Waals surface area contributed by atoms with Crippen LogP contribution in [0.5, 0.6) is 0 Å². The molecule has 2 aromatic rings. The highest BCUT2D eigenvalue weighted by Gasteiger charge is 2.26. The number of amides is 1. The highest BCUT2D eigenvalue weighted by Crippen LogP contribution is 2.28. The summed E-state index contributed by atoms with van der Waals surface area (Å²) in [4.78, 5) is 24.4. The van der Waals surface area contributed by atoms with E-state index in [-0.39, 0.29) is 6.09 Å². The third-order valence-corrected chi connectivity index (χ3v) is 4.04. The van der Waals surface area contributed by atoms with Gasteiger partial charge in [0, 0.05) is 43.4 Å². The van der Waals surface area contributed by atoms with Gasteiger partial charge in [0.2, 0.25) is 0 Å². The van der Waals surface area contributed by atoms with Gasteiger partial charge in [-0.3, -0.25) is 0 Å². The van der Waals surface area contributed by atoms with Crippen LogP contribution in [0.2, 0.25) is 0 Å². The number of nitriles is 1. The first-order valence-corrected chi connectivity index (χ1v) is 8.25. The number of anilines is 1. The summed E-state index contributed by atoms with van der Waals surface area (Å²) in [5, 5.41) is 10.1. The molecule has 7 nitrogen and oxygen atoms in total. The zero-order valence-corrected chi connectivity index (χ0v) is 14.7. The molecule has 1 aromatic carbocycles. The lowest BCUT2D eigenvalue weighted by Gasteiger charge is -2.37. The van der Waals surface area contributed by atoms with Crippen molar-refractivity contribution >= 4 is 22.7 Å². The third-order valence-electron chi connectivity index (χ3n) is 4.04. The van der Waals surface area contributed by atoms with E-state index in [9.17, 15) is 10.1 Å². The van der Waals surface area contributed by atoms with Crippen LogP contribution in [0.4, 0.5) is 10.5 Å². The van der Waals surface area contributed by atoms with Crippen LogP contribution in [-0.4, -0.2) is 52.7 Å². The summed E-state index contributed by atoms with van der Waals surface area (Å²) in [5.74, 6) is 0. The van der Waals surface area contributed by atoms with Crippen LogP contribution in [-0.2, 0) is 4.74 Å². The van der Waals surface area contributed by atoms with Crippen molar-refractivity contribution in [2.24, 2.45) is 0 Å². The molecule has 25 heavy (non-hydrogen) atoms. The van der Waals surface area contributed by atoms with E-state index in [2.05, 4.69) is 20.9 Å². The Morgan fingerprint density at radius 1 is 1.24 bits per heavy atom. The molecule has 0 radical (unpaired) electrons. The van der Waals surface area contributed by atoms with Gasteiger partial charge in [0.1, 0.15) is 18.0 Å². The predicted molar refractivity (Wildman–Crippen MR) is 94.3 cm³/mol. The normalized spacial score (nSPS) is 15.1. The molecule has 0 atom stereocenters. The van der Waals surface area contributed by atoms with Crippen molar-refractivity contribution < 1.29 is 9.53 Å². The highest BCUT2D eigenvalue weighted by molar-refractivity contribution is 5.94. The quantitative estimate of drug-likeness (QED) is 0.794. The van der Waals surface area contributed by atoms with Crippen molar-refractivity contribution in [3.8, 4) is 6.07 Å². The summed E-state index contributed by atoms with van der Waals surface area (Å²) in [7, 11) is 0. The molecule has 1 amide bonds. The molecular weight excluding hydrogens is 318 g/mol.